The second-order valence-electron chi connectivity index (χ2n) is 8.32. The van der Waals surface area contributed by atoms with Crippen LogP contribution >= 0.6 is 0 Å². The second-order valence-corrected chi connectivity index (χ2v) is 8.32. The van der Waals surface area contributed by atoms with Crippen LogP contribution in [0.25, 0.3) is 0 Å². The normalized spacial score (nSPS) is 14.9. The summed E-state index contributed by atoms with van der Waals surface area (Å²) in [7, 11) is 1.49. The van der Waals surface area contributed by atoms with Crippen molar-refractivity contribution in [3.05, 3.63) is 80.5 Å². The SMILES string of the molecule is Cc1ccc(CN2c3c(n(C)c(=O)n(CCCO)c3=O)NC2Oc2cccc(OC(F)(F)F)c2)cc1. The molecule has 1 aliphatic rings. The minimum absolute atomic E-state index is 0.0238. The standard InChI is InChI=1S/C24H25F3N4O5/c1-15-7-9-16(10-8-15)14-31-19-20(29(2)23(34)30(21(19)33)11-4-12-32)28-22(31)35-17-5-3-6-18(13-17)36-24(25,26)27/h3,5-10,13,22,28,32H,4,11-12,14H2,1-2H3. The third kappa shape index (κ3) is 5.33. The number of hydrogen-bond donors (Lipinski definition) is 2. The van der Waals surface area contributed by atoms with E-state index >= 15 is 0 Å². The molecule has 4 rings (SSSR count). The van der Waals surface area contributed by atoms with E-state index in [2.05, 4.69) is 10.1 Å². The molecule has 0 radical (unpaired) electrons. The van der Waals surface area contributed by atoms with E-state index in [4.69, 9.17) is 4.74 Å². The van der Waals surface area contributed by atoms with Crippen LogP contribution in [0.1, 0.15) is 17.5 Å². The molecule has 1 aliphatic heterocycles. The Labute approximate surface area is 203 Å². The molecule has 1 aromatic heterocycles. The lowest BCUT2D eigenvalue weighted by Crippen LogP contribution is -2.43. The molecule has 1 unspecified atom stereocenters. The summed E-state index contributed by atoms with van der Waals surface area (Å²) in [4.78, 5) is 27.8. The van der Waals surface area contributed by atoms with Crippen LogP contribution in [0.4, 0.5) is 24.7 Å². The summed E-state index contributed by atoms with van der Waals surface area (Å²) < 4.78 is 50.3. The number of aromatic nitrogens is 2. The molecule has 192 valence electrons. The van der Waals surface area contributed by atoms with Crippen molar-refractivity contribution >= 4 is 11.5 Å². The molecule has 1 atom stereocenters. The molecule has 0 fully saturated rings. The number of halogens is 3. The Morgan fingerprint density at radius 3 is 2.44 bits per heavy atom. The number of aliphatic hydroxyl groups is 1. The first-order valence-electron chi connectivity index (χ1n) is 11.1. The van der Waals surface area contributed by atoms with Crippen LogP contribution in [-0.4, -0.2) is 33.6 Å². The lowest BCUT2D eigenvalue weighted by atomic mass is 10.1. The Bertz CT molecular complexity index is 1350. The van der Waals surface area contributed by atoms with Gasteiger partial charge in [0.25, 0.3) is 11.9 Å². The summed E-state index contributed by atoms with van der Waals surface area (Å²) in [5.41, 5.74) is 0.913. The number of ether oxygens (including phenoxy) is 2. The number of hydrogen-bond acceptors (Lipinski definition) is 7. The first kappa shape index (κ1) is 25.2. The first-order chi connectivity index (χ1) is 17.1. The second kappa shape index (κ2) is 9.97. The van der Waals surface area contributed by atoms with Gasteiger partial charge in [-0.25, -0.2) is 4.79 Å². The first-order valence-corrected chi connectivity index (χ1v) is 11.1. The fourth-order valence-electron chi connectivity index (χ4n) is 3.93. The molecule has 2 heterocycles. The Morgan fingerprint density at radius 2 is 1.78 bits per heavy atom. The van der Waals surface area contributed by atoms with Crippen molar-refractivity contribution in [3.63, 3.8) is 0 Å². The lowest BCUT2D eigenvalue weighted by Gasteiger charge is -2.27. The minimum Gasteiger partial charge on any atom is -0.452 e. The number of fused-ring (bicyclic) bond motifs is 1. The largest absolute Gasteiger partial charge is 0.573 e. The predicted octanol–water partition coefficient (Wildman–Crippen LogP) is 2.93. The molecule has 0 saturated carbocycles. The third-order valence-electron chi connectivity index (χ3n) is 5.66. The summed E-state index contributed by atoms with van der Waals surface area (Å²) in [5.74, 6) is -0.189. The van der Waals surface area contributed by atoms with Gasteiger partial charge in [0.2, 0.25) is 0 Å². The van der Waals surface area contributed by atoms with Crippen molar-refractivity contribution in [3.8, 4) is 11.5 Å². The summed E-state index contributed by atoms with van der Waals surface area (Å²) in [6, 6.07) is 12.6. The maximum atomic E-state index is 13.4. The number of alkyl halides is 3. The Balaban J connectivity index is 1.74. The van der Waals surface area contributed by atoms with E-state index in [0.29, 0.717) is 0 Å². The zero-order valence-corrected chi connectivity index (χ0v) is 19.6. The van der Waals surface area contributed by atoms with Gasteiger partial charge in [0.05, 0.1) is 0 Å². The Kier molecular flexibility index (Phi) is 6.97. The summed E-state index contributed by atoms with van der Waals surface area (Å²) in [6.07, 6.45) is -5.67. The van der Waals surface area contributed by atoms with Gasteiger partial charge in [-0.15, -0.1) is 13.2 Å². The predicted molar refractivity (Wildman–Crippen MR) is 126 cm³/mol. The van der Waals surface area contributed by atoms with Gasteiger partial charge in [-0.3, -0.25) is 13.9 Å². The highest BCUT2D eigenvalue weighted by molar-refractivity contribution is 5.71. The van der Waals surface area contributed by atoms with Crippen molar-refractivity contribution in [2.45, 2.75) is 39.1 Å². The van der Waals surface area contributed by atoms with Crippen molar-refractivity contribution in [1.29, 1.82) is 0 Å². The van der Waals surface area contributed by atoms with E-state index in [1.165, 1.54) is 23.7 Å². The molecule has 2 aromatic carbocycles. The van der Waals surface area contributed by atoms with E-state index in [9.17, 15) is 27.9 Å². The molecule has 36 heavy (non-hydrogen) atoms. The van der Waals surface area contributed by atoms with Gasteiger partial charge in [0.1, 0.15) is 23.0 Å². The van der Waals surface area contributed by atoms with Crippen LogP contribution in [0.3, 0.4) is 0 Å². The van der Waals surface area contributed by atoms with Gasteiger partial charge in [0, 0.05) is 32.8 Å². The summed E-state index contributed by atoms with van der Waals surface area (Å²) in [6.45, 7) is 1.97. The van der Waals surface area contributed by atoms with Crippen molar-refractivity contribution in [2.75, 3.05) is 16.8 Å². The average molecular weight is 506 g/mol. The molecular weight excluding hydrogens is 481 g/mol. The van der Waals surface area contributed by atoms with Crippen LogP contribution in [0, 0.1) is 6.92 Å². The zero-order chi connectivity index (χ0) is 26.0. The molecule has 12 heteroatoms. The van der Waals surface area contributed by atoms with Gasteiger partial charge < -0.3 is 24.8 Å². The van der Waals surface area contributed by atoms with E-state index in [1.807, 2.05) is 31.2 Å². The molecule has 0 aliphatic carbocycles. The molecule has 0 saturated heterocycles. The van der Waals surface area contributed by atoms with Gasteiger partial charge in [-0.2, -0.15) is 0 Å². The zero-order valence-electron chi connectivity index (χ0n) is 19.6. The third-order valence-corrected chi connectivity index (χ3v) is 5.66. The summed E-state index contributed by atoms with van der Waals surface area (Å²) in [5, 5.41) is 12.2. The monoisotopic (exact) mass is 506 g/mol. The van der Waals surface area contributed by atoms with E-state index in [0.717, 1.165) is 27.8 Å². The molecule has 0 amide bonds. The van der Waals surface area contributed by atoms with Gasteiger partial charge >= 0.3 is 12.1 Å². The number of nitrogens with zero attached hydrogens (tertiary/aromatic N) is 3. The van der Waals surface area contributed by atoms with Crippen molar-refractivity contribution < 1.29 is 27.8 Å². The smallest absolute Gasteiger partial charge is 0.452 e. The lowest BCUT2D eigenvalue weighted by molar-refractivity contribution is -0.274. The van der Waals surface area contributed by atoms with Crippen molar-refractivity contribution in [2.24, 2.45) is 7.05 Å². The fourth-order valence-corrected chi connectivity index (χ4v) is 3.93. The van der Waals surface area contributed by atoms with Gasteiger partial charge in [-0.05, 0) is 31.0 Å². The fraction of sp³-hybridized carbons (Fsp3) is 0.333. The van der Waals surface area contributed by atoms with Crippen LogP contribution in [0.5, 0.6) is 11.5 Å². The molecule has 0 spiro atoms. The Hall–Kier alpha value is -3.93. The van der Waals surface area contributed by atoms with Gasteiger partial charge in [0.15, 0.2) is 0 Å². The summed E-state index contributed by atoms with van der Waals surface area (Å²) >= 11 is 0. The molecule has 2 N–H and O–H groups in total. The maximum Gasteiger partial charge on any atom is 0.573 e. The molecular formula is C24H25F3N4O5. The van der Waals surface area contributed by atoms with Crippen LogP contribution in [0.15, 0.2) is 58.1 Å². The van der Waals surface area contributed by atoms with Crippen LogP contribution < -0.4 is 30.9 Å². The highest BCUT2D eigenvalue weighted by Gasteiger charge is 2.37. The topological polar surface area (TPSA) is 98.0 Å². The van der Waals surface area contributed by atoms with Crippen LogP contribution in [-0.2, 0) is 20.1 Å². The number of aliphatic hydroxyl groups excluding tert-OH is 1. The Morgan fingerprint density at radius 1 is 1.08 bits per heavy atom. The van der Waals surface area contributed by atoms with Gasteiger partial charge in [-0.1, -0.05) is 35.9 Å². The number of aryl methyl sites for hydroxylation is 1. The molecule has 0 bridgehead atoms. The van der Waals surface area contributed by atoms with E-state index < -0.39 is 29.7 Å². The average Bonchev–Trinajstić information content (AvgIpc) is 3.16. The number of rotatable bonds is 8. The molecule has 3 aromatic rings. The van der Waals surface area contributed by atoms with E-state index in [1.54, 1.807) is 4.90 Å². The number of nitrogens with one attached hydrogen (secondary N) is 1. The number of benzene rings is 2. The minimum atomic E-state index is -4.87. The maximum absolute atomic E-state index is 13.4. The van der Waals surface area contributed by atoms with E-state index in [-0.39, 0.29) is 43.4 Å². The highest BCUT2D eigenvalue weighted by Crippen LogP contribution is 2.34. The van der Waals surface area contributed by atoms with Crippen molar-refractivity contribution in [1.82, 2.24) is 9.13 Å². The highest BCUT2D eigenvalue weighted by atomic mass is 19.4. The van der Waals surface area contributed by atoms with Crippen LogP contribution in [0.2, 0.25) is 0 Å². The quantitative estimate of drug-likeness (QED) is 0.485. The molecule has 9 nitrogen and oxygen atoms in total. The number of anilines is 2.